The number of aliphatic imine (C=N–C) groups is 1. The average molecular weight is 275 g/mol. The van der Waals surface area contributed by atoms with E-state index < -0.39 is 0 Å². The summed E-state index contributed by atoms with van der Waals surface area (Å²) in [4.78, 5) is 4.60. The Labute approximate surface area is 121 Å². The number of guanidine groups is 1. The summed E-state index contributed by atoms with van der Waals surface area (Å²) in [5, 5.41) is 3.19. The lowest BCUT2D eigenvalue weighted by molar-refractivity contribution is 0.185. The second-order valence-electron chi connectivity index (χ2n) is 6.11. The third kappa shape index (κ3) is 3.12. The Kier molecular flexibility index (Phi) is 4.33. The summed E-state index contributed by atoms with van der Waals surface area (Å²) in [5.74, 6) is 1.12. The molecule has 1 aromatic rings. The molecule has 0 spiro atoms. The van der Waals surface area contributed by atoms with Gasteiger partial charge in [-0.1, -0.05) is 39.0 Å². The van der Waals surface area contributed by atoms with E-state index in [1.54, 1.807) is 7.11 Å². The van der Waals surface area contributed by atoms with Crippen LogP contribution in [0.3, 0.4) is 0 Å². The van der Waals surface area contributed by atoms with E-state index >= 15 is 0 Å². The number of benzene rings is 1. The minimum absolute atomic E-state index is 0.304. The van der Waals surface area contributed by atoms with Gasteiger partial charge in [-0.05, 0) is 23.8 Å². The van der Waals surface area contributed by atoms with Crippen LogP contribution in [0.15, 0.2) is 29.3 Å². The molecule has 0 heterocycles. The Hall–Kier alpha value is -1.55. The molecule has 1 aromatic carbocycles. The van der Waals surface area contributed by atoms with Crippen LogP contribution in [0.25, 0.3) is 0 Å². The van der Waals surface area contributed by atoms with Crippen LogP contribution >= 0.6 is 0 Å². The van der Waals surface area contributed by atoms with Crippen molar-refractivity contribution in [2.24, 2.45) is 22.1 Å². The Morgan fingerprint density at radius 2 is 2.20 bits per heavy atom. The normalized spacial score (nSPS) is 25.9. The third-order valence-corrected chi connectivity index (χ3v) is 4.43. The second kappa shape index (κ2) is 5.83. The number of anilines is 1. The van der Waals surface area contributed by atoms with Crippen LogP contribution in [-0.4, -0.2) is 19.1 Å². The maximum atomic E-state index is 6.03. The fraction of sp³-hybridized carbons (Fsp3) is 0.562. The maximum absolute atomic E-state index is 6.03. The predicted octanol–water partition coefficient (Wildman–Crippen LogP) is 2.99. The molecule has 2 unspecified atom stereocenters. The van der Waals surface area contributed by atoms with E-state index in [0.717, 1.165) is 17.7 Å². The van der Waals surface area contributed by atoms with Gasteiger partial charge in [0.15, 0.2) is 5.96 Å². The van der Waals surface area contributed by atoms with E-state index in [2.05, 4.69) is 31.1 Å². The summed E-state index contributed by atoms with van der Waals surface area (Å²) in [5.41, 5.74) is 8.37. The van der Waals surface area contributed by atoms with Crippen molar-refractivity contribution < 1.29 is 4.74 Å². The highest BCUT2D eigenvalue weighted by Crippen LogP contribution is 2.53. The molecule has 0 amide bonds. The van der Waals surface area contributed by atoms with E-state index in [1.807, 2.05) is 24.3 Å². The molecule has 0 bridgehead atoms. The van der Waals surface area contributed by atoms with E-state index in [0.29, 0.717) is 29.9 Å². The zero-order valence-electron chi connectivity index (χ0n) is 12.8. The molecule has 1 fully saturated rings. The number of nitrogens with one attached hydrogen (secondary N) is 1. The number of ether oxygens (including phenoxy) is 1. The van der Waals surface area contributed by atoms with Crippen molar-refractivity contribution in [1.29, 1.82) is 0 Å². The third-order valence-electron chi connectivity index (χ3n) is 4.43. The van der Waals surface area contributed by atoms with E-state index in [1.165, 1.54) is 0 Å². The fourth-order valence-corrected chi connectivity index (χ4v) is 2.43. The van der Waals surface area contributed by atoms with Crippen molar-refractivity contribution in [2.75, 3.05) is 12.4 Å². The van der Waals surface area contributed by atoms with Crippen molar-refractivity contribution in [3.63, 3.8) is 0 Å². The predicted molar refractivity (Wildman–Crippen MR) is 83.8 cm³/mol. The summed E-state index contributed by atoms with van der Waals surface area (Å²) in [6.07, 6.45) is 1.12. The molecule has 4 heteroatoms. The Morgan fingerprint density at radius 3 is 2.80 bits per heavy atom. The SMILES string of the molecule is COCc1ccccc1NC(N)=NC1CC1(C)C(C)C. The zero-order valence-corrected chi connectivity index (χ0v) is 12.8. The largest absolute Gasteiger partial charge is 0.380 e. The number of para-hydroxylation sites is 1. The zero-order chi connectivity index (χ0) is 14.8. The monoisotopic (exact) mass is 275 g/mol. The van der Waals surface area contributed by atoms with Gasteiger partial charge in [-0.25, -0.2) is 4.99 Å². The van der Waals surface area contributed by atoms with Gasteiger partial charge in [0.25, 0.3) is 0 Å². The van der Waals surface area contributed by atoms with E-state index in [9.17, 15) is 0 Å². The van der Waals surface area contributed by atoms with Crippen molar-refractivity contribution in [3.05, 3.63) is 29.8 Å². The minimum atomic E-state index is 0.304. The van der Waals surface area contributed by atoms with Crippen LogP contribution in [0.1, 0.15) is 32.8 Å². The highest BCUT2D eigenvalue weighted by molar-refractivity contribution is 5.93. The molecule has 3 N–H and O–H groups in total. The molecule has 1 aliphatic rings. The molecule has 110 valence electrons. The first-order valence-corrected chi connectivity index (χ1v) is 7.14. The van der Waals surface area contributed by atoms with Gasteiger partial charge in [0.1, 0.15) is 0 Å². The standard InChI is InChI=1S/C16H25N3O/c1-11(2)16(3)9-14(16)19-15(17)18-13-8-6-5-7-12(13)10-20-4/h5-8,11,14H,9-10H2,1-4H3,(H3,17,18,19). The quantitative estimate of drug-likeness (QED) is 0.641. The lowest BCUT2D eigenvalue weighted by Gasteiger charge is -2.14. The lowest BCUT2D eigenvalue weighted by Crippen LogP contribution is -2.25. The highest BCUT2D eigenvalue weighted by Gasteiger charge is 2.52. The number of methoxy groups -OCH3 is 1. The molecule has 0 saturated heterocycles. The van der Waals surface area contributed by atoms with Crippen LogP contribution in [0.2, 0.25) is 0 Å². The van der Waals surface area contributed by atoms with Gasteiger partial charge < -0.3 is 15.8 Å². The van der Waals surface area contributed by atoms with Gasteiger partial charge in [0, 0.05) is 18.4 Å². The van der Waals surface area contributed by atoms with Gasteiger partial charge in [-0.3, -0.25) is 0 Å². The van der Waals surface area contributed by atoms with Crippen molar-refractivity contribution in [2.45, 2.75) is 39.8 Å². The Balaban J connectivity index is 2.04. The molecule has 1 saturated carbocycles. The molecule has 2 atom stereocenters. The topological polar surface area (TPSA) is 59.6 Å². The molecular formula is C16H25N3O. The number of rotatable bonds is 5. The van der Waals surface area contributed by atoms with Crippen LogP contribution in [0.5, 0.6) is 0 Å². The van der Waals surface area contributed by atoms with Crippen LogP contribution in [0.4, 0.5) is 5.69 Å². The first kappa shape index (κ1) is 14.9. The number of nitrogens with two attached hydrogens (primary N) is 1. The van der Waals surface area contributed by atoms with Crippen molar-refractivity contribution in [1.82, 2.24) is 0 Å². The van der Waals surface area contributed by atoms with Gasteiger partial charge in [-0.15, -0.1) is 0 Å². The summed E-state index contributed by atoms with van der Waals surface area (Å²) >= 11 is 0. The van der Waals surface area contributed by atoms with E-state index in [4.69, 9.17) is 10.5 Å². The number of nitrogens with zero attached hydrogens (tertiary/aromatic N) is 1. The molecule has 1 aliphatic carbocycles. The van der Waals surface area contributed by atoms with Gasteiger partial charge >= 0.3 is 0 Å². The Bertz CT molecular complexity index is 498. The van der Waals surface area contributed by atoms with Crippen LogP contribution in [0, 0.1) is 11.3 Å². The summed E-state index contributed by atoms with van der Waals surface area (Å²) in [6, 6.07) is 8.32. The molecule has 4 nitrogen and oxygen atoms in total. The van der Waals surface area contributed by atoms with Gasteiger partial charge in [0.05, 0.1) is 12.6 Å². The molecule has 20 heavy (non-hydrogen) atoms. The summed E-state index contributed by atoms with van der Waals surface area (Å²) in [6.45, 7) is 7.32. The van der Waals surface area contributed by atoms with Crippen LogP contribution < -0.4 is 11.1 Å². The first-order valence-electron chi connectivity index (χ1n) is 7.14. The molecular weight excluding hydrogens is 250 g/mol. The van der Waals surface area contributed by atoms with Crippen molar-refractivity contribution in [3.8, 4) is 0 Å². The number of hydrogen-bond acceptors (Lipinski definition) is 2. The Morgan fingerprint density at radius 1 is 1.50 bits per heavy atom. The lowest BCUT2D eigenvalue weighted by atomic mass is 9.94. The van der Waals surface area contributed by atoms with Crippen molar-refractivity contribution >= 4 is 11.6 Å². The number of hydrogen-bond donors (Lipinski definition) is 2. The molecule has 0 aromatic heterocycles. The first-order chi connectivity index (χ1) is 9.47. The smallest absolute Gasteiger partial charge is 0.193 e. The van der Waals surface area contributed by atoms with Gasteiger partial charge in [-0.2, -0.15) is 0 Å². The average Bonchev–Trinajstić information content (AvgIpc) is 3.04. The highest BCUT2D eigenvalue weighted by atomic mass is 16.5. The van der Waals surface area contributed by atoms with E-state index in [-0.39, 0.29) is 0 Å². The second-order valence-corrected chi connectivity index (χ2v) is 6.11. The minimum Gasteiger partial charge on any atom is -0.380 e. The molecule has 2 rings (SSSR count). The summed E-state index contributed by atoms with van der Waals surface area (Å²) in [7, 11) is 1.69. The molecule has 0 radical (unpaired) electrons. The van der Waals surface area contributed by atoms with Gasteiger partial charge in [0.2, 0.25) is 0 Å². The molecule has 0 aliphatic heterocycles. The fourth-order valence-electron chi connectivity index (χ4n) is 2.43. The van der Waals surface area contributed by atoms with Crippen LogP contribution in [-0.2, 0) is 11.3 Å². The maximum Gasteiger partial charge on any atom is 0.193 e. The summed E-state index contributed by atoms with van der Waals surface area (Å²) < 4.78 is 5.19.